The van der Waals surface area contributed by atoms with E-state index < -0.39 is 0 Å². The third-order valence-corrected chi connectivity index (χ3v) is 5.75. The maximum absolute atomic E-state index is 12.7. The Hall–Kier alpha value is -2.28. The summed E-state index contributed by atoms with van der Waals surface area (Å²) in [6, 6.07) is 18.5. The zero-order chi connectivity index (χ0) is 19.7. The molecule has 1 aliphatic heterocycles. The van der Waals surface area contributed by atoms with E-state index in [2.05, 4.69) is 15.9 Å². The van der Waals surface area contributed by atoms with E-state index in [0.717, 1.165) is 27.4 Å². The number of thioether (sulfide) groups is 1. The third kappa shape index (κ3) is 4.09. The van der Waals surface area contributed by atoms with Crippen molar-refractivity contribution in [3.05, 3.63) is 86.4 Å². The quantitative estimate of drug-likeness (QED) is 0.400. The lowest BCUT2D eigenvalue weighted by Gasteiger charge is -2.12. The van der Waals surface area contributed by atoms with Crippen LogP contribution in [0.4, 0.5) is 4.79 Å². The van der Waals surface area contributed by atoms with Gasteiger partial charge in [-0.2, -0.15) is 0 Å². The number of halogens is 2. The van der Waals surface area contributed by atoms with Gasteiger partial charge in [0.05, 0.1) is 11.4 Å². The van der Waals surface area contributed by atoms with Crippen molar-refractivity contribution in [3.8, 4) is 11.3 Å². The SMILES string of the molecule is O=C1S/C(=C\c2ccc(-c3cccc(Br)c3)o2)C(=O)N1Cc1cccc(Cl)c1. The van der Waals surface area contributed by atoms with Gasteiger partial charge >= 0.3 is 0 Å². The van der Waals surface area contributed by atoms with E-state index in [1.807, 2.05) is 36.4 Å². The van der Waals surface area contributed by atoms with Crippen molar-refractivity contribution in [2.24, 2.45) is 0 Å². The van der Waals surface area contributed by atoms with Crippen molar-refractivity contribution in [1.29, 1.82) is 0 Å². The minimum absolute atomic E-state index is 0.185. The van der Waals surface area contributed by atoms with Crippen LogP contribution in [0, 0.1) is 0 Å². The van der Waals surface area contributed by atoms with Gasteiger partial charge in [-0.05, 0) is 53.7 Å². The van der Waals surface area contributed by atoms with Crippen LogP contribution in [0.15, 0.2) is 74.5 Å². The normalized spacial score (nSPS) is 15.6. The van der Waals surface area contributed by atoms with Crippen LogP contribution >= 0.6 is 39.3 Å². The Bertz CT molecular complexity index is 1110. The molecule has 1 aromatic heterocycles. The average Bonchev–Trinajstić information content (AvgIpc) is 3.23. The summed E-state index contributed by atoms with van der Waals surface area (Å²) in [6.07, 6.45) is 1.60. The van der Waals surface area contributed by atoms with Crippen LogP contribution in [-0.2, 0) is 11.3 Å². The predicted molar refractivity (Wildman–Crippen MR) is 115 cm³/mol. The molecule has 0 unspecified atom stereocenters. The second kappa shape index (κ2) is 7.99. The molecule has 4 nitrogen and oxygen atoms in total. The molecule has 0 N–H and O–H groups in total. The first-order valence-electron chi connectivity index (χ1n) is 8.35. The highest BCUT2D eigenvalue weighted by molar-refractivity contribution is 9.10. The molecule has 0 aliphatic carbocycles. The number of nitrogens with zero attached hydrogens (tertiary/aromatic N) is 1. The molecule has 1 aliphatic rings. The van der Waals surface area contributed by atoms with E-state index in [9.17, 15) is 9.59 Å². The maximum atomic E-state index is 12.7. The number of rotatable bonds is 4. The lowest BCUT2D eigenvalue weighted by molar-refractivity contribution is -0.123. The number of carbonyl (C=O) groups is 2. The molecule has 1 saturated heterocycles. The fourth-order valence-electron chi connectivity index (χ4n) is 2.81. The molecule has 0 spiro atoms. The van der Waals surface area contributed by atoms with E-state index in [1.54, 1.807) is 30.3 Å². The molecule has 0 saturated carbocycles. The summed E-state index contributed by atoms with van der Waals surface area (Å²) in [5.74, 6) is 0.865. The molecule has 3 aromatic rings. The number of imide groups is 1. The molecule has 1 fully saturated rings. The number of carbonyl (C=O) groups excluding carboxylic acids is 2. The number of hydrogen-bond donors (Lipinski definition) is 0. The zero-order valence-corrected chi connectivity index (χ0v) is 17.6. The van der Waals surface area contributed by atoms with Gasteiger partial charge in [-0.1, -0.05) is 51.8 Å². The van der Waals surface area contributed by atoms with Crippen molar-refractivity contribution < 1.29 is 14.0 Å². The Morgan fingerprint density at radius 3 is 2.68 bits per heavy atom. The Morgan fingerprint density at radius 1 is 1.07 bits per heavy atom. The van der Waals surface area contributed by atoms with E-state index >= 15 is 0 Å². The summed E-state index contributed by atoms with van der Waals surface area (Å²) in [7, 11) is 0. The largest absolute Gasteiger partial charge is 0.457 e. The minimum atomic E-state index is -0.338. The van der Waals surface area contributed by atoms with Gasteiger partial charge in [0.1, 0.15) is 11.5 Å². The molecule has 0 radical (unpaired) electrons. The summed E-state index contributed by atoms with van der Waals surface area (Å²) >= 11 is 10.3. The first kappa shape index (κ1) is 19.1. The smallest absolute Gasteiger partial charge is 0.293 e. The summed E-state index contributed by atoms with van der Waals surface area (Å²) in [4.78, 5) is 26.5. The van der Waals surface area contributed by atoms with Gasteiger partial charge in [-0.25, -0.2) is 0 Å². The van der Waals surface area contributed by atoms with E-state index in [1.165, 1.54) is 4.90 Å². The van der Waals surface area contributed by atoms with Gasteiger partial charge in [0.2, 0.25) is 0 Å². The van der Waals surface area contributed by atoms with Crippen LogP contribution in [0.25, 0.3) is 17.4 Å². The Kier molecular flexibility index (Phi) is 5.44. The van der Waals surface area contributed by atoms with Crippen LogP contribution in [0.2, 0.25) is 5.02 Å². The number of amides is 2. The summed E-state index contributed by atoms with van der Waals surface area (Å²) in [5.41, 5.74) is 1.72. The van der Waals surface area contributed by atoms with E-state index in [0.29, 0.717) is 21.4 Å². The molecule has 140 valence electrons. The topological polar surface area (TPSA) is 50.5 Å². The molecular formula is C21H13BrClNO3S. The second-order valence-electron chi connectivity index (χ2n) is 6.11. The molecule has 7 heteroatoms. The predicted octanol–water partition coefficient (Wildman–Crippen LogP) is 6.60. The van der Waals surface area contributed by atoms with Gasteiger partial charge < -0.3 is 4.42 Å². The fourth-order valence-corrected chi connectivity index (χ4v) is 4.24. The highest BCUT2D eigenvalue weighted by Gasteiger charge is 2.35. The second-order valence-corrected chi connectivity index (χ2v) is 8.46. The monoisotopic (exact) mass is 473 g/mol. The van der Waals surface area contributed by atoms with Crippen LogP contribution < -0.4 is 0 Å². The molecule has 0 bridgehead atoms. The minimum Gasteiger partial charge on any atom is -0.457 e. The number of furan rings is 1. The van der Waals surface area contributed by atoms with Gasteiger partial charge in [-0.3, -0.25) is 14.5 Å². The van der Waals surface area contributed by atoms with E-state index in [-0.39, 0.29) is 17.7 Å². The molecular weight excluding hydrogens is 462 g/mol. The number of benzene rings is 2. The van der Waals surface area contributed by atoms with Crippen molar-refractivity contribution in [2.75, 3.05) is 0 Å². The lowest BCUT2D eigenvalue weighted by Crippen LogP contribution is -2.27. The van der Waals surface area contributed by atoms with Crippen LogP contribution in [0.5, 0.6) is 0 Å². The average molecular weight is 475 g/mol. The molecule has 0 atom stereocenters. The standard InChI is InChI=1S/C21H13BrClNO3S/c22-15-5-2-4-14(10-15)18-8-7-17(27-18)11-19-20(25)24(21(26)28-19)12-13-3-1-6-16(23)9-13/h1-11H,12H2/b19-11-. The van der Waals surface area contributed by atoms with Crippen molar-refractivity contribution in [2.45, 2.75) is 6.54 Å². The first-order chi connectivity index (χ1) is 13.5. The Morgan fingerprint density at radius 2 is 1.89 bits per heavy atom. The molecule has 2 amide bonds. The molecule has 28 heavy (non-hydrogen) atoms. The summed E-state index contributed by atoms with van der Waals surface area (Å²) < 4.78 is 6.78. The van der Waals surface area contributed by atoms with Gasteiger partial charge in [0.15, 0.2) is 0 Å². The van der Waals surface area contributed by atoms with Crippen LogP contribution in [-0.4, -0.2) is 16.0 Å². The van der Waals surface area contributed by atoms with Gasteiger partial charge in [0, 0.05) is 21.1 Å². The van der Waals surface area contributed by atoms with Crippen LogP contribution in [0.3, 0.4) is 0 Å². The Balaban J connectivity index is 1.54. The van der Waals surface area contributed by atoms with Crippen LogP contribution in [0.1, 0.15) is 11.3 Å². The van der Waals surface area contributed by atoms with Crippen molar-refractivity contribution in [1.82, 2.24) is 4.90 Å². The maximum Gasteiger partial charge on any atom is 0.293 e. The van der Waals surface area contributed by atoms with Gasteiger partial charge in [0.25, 0.3) is 11.1 Å². The van der Waals surface area contributed by atoms with Crippen molar-refractivity contribution >= 4 is 56.5 Å². The first-order valence-corrected chi connectivity index (χ1v) is 10.3. The molecule has 2 aromatic carbocycles. The summed E-state index contributed by atoms with van der Waals surface area (Å²) in [5, 5.41) is 0.255. The summed E-state index contributed by atoms with van der Waals surface area (Å²) in [6.45, 7) is 0.185. The van der Waals surface area contributed by atoms with E-state index in [4.69, 9.17) is 16.0 Å². The molecule has 4 rings (SSSR count). The third-order valence-electron chi connectivity index (χ3n) is 4.11. The highest BCUT2D eigenvalue weighted by Crippen LogP contribution is 2.34. The molecule has 2 heterocycles. The zero-order valence-electron chi connectivity index (χ0n) is 14.4. The van der Waals surface area contributed by atoms with Crippen molar-refractivity contribution in [3.63, 3.8) is 0 Å². The number of hydrogen-bond acceptors (Lipinski definition) is 4. The Labute approximate surface area is 179 Å². The lowest BCUT2D eigenvalue weighted by atomic mass is 10.2. The fraction of sp³-hybridized carbons (Fsp3) is 0.0476. The van der Waals surface area contributed by atoms with Gasteiger partial charge in [-0.15, -0.1) is 0 Å². The highest BCUT2D eigenvalue weighted by atomic mass is 79.9.